The maximum Gasteiger partial charge on any atom is 0.0794 e. The van der Waals surface area contributed by atoms with Crippen LogP contribution in [0.1, 0.15) is 11.8 Å². The fourth-order valence-electron chi connectivity index (χ4n) is 0.955. The molecule has 0 aliphatic rings. The van der Waals surface area contributed by atoms with Gasteiger partial charge in [0.1, 0.15) is 0 Å². The van der Waals surface area contributed by atoms with Crippen LogP contribution < -0.4 is 5.73 Å². The van der Waals surface area contributed by atoms with E-state index in [0.29, 0.717) is 6.54 Å². The van der Waals surface area contributed by atoms with Gasteiger partial charge in [-0.05, 0) is 6.42 Å². The molecule has 1 heterocycles. The van der Waals surface area contributed by atoms with Crippen LogP contribution in [0.25, 0.3) is 0 Å². The third-order valence-electron chi connectivity index (χ3n) is 2.02. The molecule has 0 bridgehead atoms. The number of hydrogen-bond acceptors (Lipinski definition) is 3. The Bertz CT molecular complexity index is 243. The Morgan fingerprint density at radius 2 is 2.58 bits per heavy atom. The van der Waals surface area contributed by atoms with Crippen molar-refractivity contribution in [2.24, 2.45) is 11.1 Å². The van der Waals surface area contributed by atoms with Gasteiger partial charge < -0.3 is 5.73 Å². The monoisotopic (exact) mass is 182 g/mol. The number of nitrogens with two attached hydrogens (primary N) is 1. The minimum Gasteiger partial charge on any atom is -0.330 e. The van der Waals surface area contributed by atoms with E-state index >= 15 is 0 Å². The fourth-order valence-corrected chi connectivity index (χ4v) is 1.75. The van der Waals surface area contributed by atoms with Gasteiger partial charge in [-0.1, -0.05) is 13.0 Å². The lowest BCUT2D eigenvalue weighted by molar-refractivity contribution is 0.442. The van der Waals surface area contributed by atoms with Gasteiger partial charge in [0.25, 0.3) is 0 Å². The molecule has 2 N–H and O–H groups in total. The van der Waals surface area contributed by atoms with Gasteiger partial charge in [0.2, 0.25) is 0 Å². The third kappa shape index (κ3) is 2.16. The second kappa shape index (κ2) is 3.83. The van der Waals surface area contributed by atoms with Crippen molar-refractivity contribution in [3.05, 3.63) is 29.2 Å². The van der Waals surface area contributed by atoms with Gasteiger partial charge in [-0.15, -0.1) is 17.9 Å². The molecule has 0 spiro atoms. The average molecular weight is 182 g/mol. The summed E-state index contributed by atoms with van der Waals surface area (Å²) in [6, 6.07) is 0. The van der Waals surface area contributed by atoms with E-state index in [0.717, 1.165) is 6.42 Å². The Morgan fingerprint density at radius 3 is 3.00 bits per heavy atom. The van der Waals surface area contributed by atoms with Crippen LogP contribution in [0.4, 0.5) is 0 Å². The lowest BCUT2D eigenvalue weighted by Gasteiger charge is -2.22. The molecule has 1 rings (SSSR count). The topological polar surface area (TPSA) is 38.9 Å². The minimum atomic E-state index is 0.0204. The first kappa shape index (κ1) is 9.42. The first-order valence-corrected chi connectivity index (χ1v) is 4.79. The second-order valence-corrected chi connectivity index (χ2v) is 4.18. The van der Waals surface area contributed by atoms with Gasteiger partial charge in [-0.2, -0.15) is 0 Å². The van der Waals surface area contributed by atoms with E-state index in [1.807, 2.05) is 17.8 Å². The smallest absolute Gasteiger partial charge is 0.0794 e. The zero-order valence-corrected chi connectivity index (χ0v) is 8.10. The van der Waals surface area contributed by atoms with E-state index < -0.39 is 0 Å². The summed E-state index contributed by atoms with van der Waals surface area (Å²) in [5.41, 5.74) is 7.51. The average Bonchev–Trinajstić information content (AvgIpc) is 2.57. The van der Waals surface area contributed by atoms with Crippen molar-refractivity contribution in [2.75, 3.05) is 6.54 Å². The molecule has 0 saturated carbocycles. The molecule has 0 saturated heterocycles. The Morgan fingerprint density at radius 1 is 1.83 bits per heavy atom. The van der Waals surface area contributed by atoms with E-state index in [1.54, 1.807) is 11.3 Å². The van der Waals surface area contributed by atoms with Gasteiger partial charge in [-0.25, -0.2) is 0 Å². The first-order valence-electron chi connectivity index (χ1n) is 3.91. The molecule has 1 atom stereocenters. The maximum atomic E-state index is 5.65. The number of thiazole rings is 1. The van der Waals surface area contributed by atoms with Crippen LogP contribution in [-0.2, 0) is 6.42 Å². The van der Waals surface area contributed by atoms with E-state index in [9.17, 15) is 0 Å². The van der Waals surface area contributed by atoms with Crippen molar-refractivity contribution in [1.82, 2.24) is 4.98 Å². The van der Waals surface area contributed by atoms with Crippen molar-refractivity contribution in [1.29, 1.82) is 0 Å². The van der Waals surface area contributed by atoms with E-state index in [-0.39, 0.29) is 5.41 Å². The van der Waals surface area contributed by atoms with Crippen LogP contribution in [0.15, 0.2) is 24.4 Å². The number of hydrogen-bond donors (Lipinski definition) is 1. The zero-order chi connectivity index (χ0) is 9.03. The van der Waals surface area contributed by atoms with Gasteiger partial charge >= 0.3 is 0 Å². The fraction of sp³-hybridized carbons (Fsp3) is 0.444. The summed E-state index contributed by atoms with van der Waals surface area (Å²) in [4.78, 5) is 5.28. The molecule has 0 aliphatic heterocycles. The molecule has 0 amide bonds. The van der Waals surface area contributed by atoms with Gasteiger partial charge in [-0.3, -0.25) is 4.98 Å². The lowest BCUT2D eigenvalue weighted by Crippen LogP contribution is -2.26. The first-order chi connectivity index (χ1) is 5.70. The number of nitrogens with zero attached hydrogens (tertiary/aromatic N) is 1. The van der Waals surface area contributed by atoms with Gasteiger partial charge in [0.15, 0.2) is 0 Å². The van der Waals surface area contributed by atoms with E-state index in [4.69, 9.17) is 5.73 Å². The summed E-state index contributed by atoms with van der Waals surface area (Å²) >= 11 is 1.67. The Labute approximate surface area is 77.1 Å². The van der Waals surface area contributed by atoms with Crippen molar-refractivity contribution in [3.8, 4) is 0 Å². The molecule has 2 nitrogen and oxygen atoms in total. The molecule has 0 aliphatic carbocycles. The third-order valence-corrected chi connectivity index (χ3v) is 2.80. The van der Waals surface area contributed by atoms with Crippen LogP contribution in [-0.4, -0.2) is 11.5 Å². The summed E-state index contributed by atoms with van der Waals surface area (Å²) in [6.45, 7) is 6.53. The number of aromatic nitrogens is 1. The van der Waals surface area contributed by atoms with Crippen molar-refractivity contribution < 1.29 is 0 Å². The standard InChI is InChI=1S/C9H14N2S/c1-3-9(2,6-10)4-8-5-11-7-12-8/h3,5,7H,1,4,6,10H2,2H3. The molecule has 66 valence electrons. The summed E-state index contributed by atoms with van der Waals surface area (Å²) in [5.74, 6) is 0. The molecular weight excluding hydrogens is 168 g/mol. The largest absolute Gasteiger partial charge is 0.330 e. The van der Waals surface area contributed by atoms with Gasteiger partial charge in [0, 0.05) is 23.0 Å². The van der Waals surface area contributed by atoms with Crippen molar-refractivity contribution in [3.63, 3.8) is 0 Å². The van der Waals surface area contributed by atoms with Crippen LogP contribution in [0, 0.1) is 5.41 Å². The molecule has 0 fully saturated rings. The lowest BCUT2D eigenvalue weighted by atomic mass is 9.87. The van der Waals surface area contributed by atoms with Crippen molar-refractivity contribution in [2.45, 2.75) is 13.3 Å². The molecule has 1 aromatic heterocycles. The summed E-state index contributed by atoms with van der Waals surface area (Å²) in [6.07, 6.45) is 4.76. The van der Waals surface area contributed by atoms with E-state index in [2.05, 4.69) is 18.5 Å². The Kier molecular flexibility index (Phi) is 3.00. The van der Waals surface area contributed by atoms with Crippen molar-refractivity contribution >= 4 is 11.3 Å². The normalized spacial score (nSPS) is 15.5. The molecule has 12 heavy (non-hydrogen) atoms. The Hall–Kier alpha value is -0.670. The van der Waals surface area contributed by atoms with Gasteiger partial charge in [0.05, 0.1) is 5.51 Å². The minimum absolute atomic E-state index is 0.0204. The second-order valence-electron chi connectivity index (χ2n) is 3.21. The molecule has 0 radical (unpaired) electrons. The van der Waals surface area contributed by atoms with Crippen LogP contribution in [0.2, 0.25) is 0 Å². The van der Waals surface area contributed by atoms with Crippen LogP contribution in [0.3, 0.4) is 0 Å². The summed E-state index contributed by atoms with van der Waals surface area (Å²) in [7, 11) is 0. The highest BCUT2D eigenvalue weighted by atomic mass is 32.1. The Balaban J connectivity index is 2.66. The predicted molar refractivity (Wildman–Crippen MR) is 53.2 cm³/mol. The molecule has 0 aromatic carbocycles. The molecular formula is C9H14N2S. The van der Waals surface area contributed by atoms with Crippen LogP contribution >= 0.6 is 11.3 Å². The summed E-state index contributed by atoms with van der Waals surface area (Å²) in [5, 5.41) is 0. The highest BCUT2D eigenvalue weighted by Gasteiger charge is 2.19. The predicted octanol–water partition coefficient (Wildman–Crippen LogP) is 1.84. The number of rotatable bonds is 4. The van der Waals surface area contributed by atoms with Crippen LogP contribution in [0.5, 0.6) is 0 Å². The summed E-state index contributed by atoms with van der Waals surface area (Å²) < 4.78 is 0. The molecule has 1 unspecified atom stereocenters. The quantitative estimate of drug-likeness (QED) is 0.722. The highest BCUT2D eigenvalue weighted by molar-refractivity contribution is 7.09. The van der Waals surface area contributed by atoms with E-state index in [1.165, 1.54) is 4.88 Å². The molecule has 1 aromatic rings. The zero-order valence-electron chi connectivity index (χ0n) is 7.29. The maximum absolute atomic E-state index is 5.65. The SMILES string of the molecule is C=CC(C)(CN)Cc1cncs1. The molecule has 3 heteroatoms. The highest BCUT2D eigenvalue weighted by Crippen LogP contribution is 2.23.